The molecule has 0 spiro atoms. The highest BCUT2D eigenvalue weighted by Crippen LogP contribution is 2.42. The highest BCUT2D eigenvalue weighted by atomic mass is 16.2. The summed E-state index contributed by atoms with van der Waals surface area (Å²) in [7, 11) is 0. The molecule has 5 N–H and O–H groups in total. The van der Waals surface area contributed by atoms with Crippen molar-refractivity contribution < 1.29 is 9.59 Å². The first-order chi connectivity index (χ1) is 49.4. The van der Waals surface area contributed by atoms with Gasteiger partial charge in [-0.05, 0) is 254 Å². The van der Waals surface area contributed by atoms with Crippen molar-refractivity contribution in [2.45, 2.75) is 377 Å². The van der Waals surface area contributed by atoms with Crippen LogP contribution in [0, 0.1) is 70.5 Å². The summed E-state index contributed by atoms with van der Waals surface area (Å²) in [5, 5.41) is 17.7. The first kappa shape index (κ1) is 97.0. The quantitative estimate of drug-likeness (QED) is 0.0810. The largest absolute Gasteiger partial charge is 0.349 e. The molecule has 106 heavy (non-hydrogen) atoms. The van der Waals surface area contributed by atoms with Crippen molar-refractivity contribution in [2.75, 3.05) is 0 Å². The molecule has 0 radical (unpaired) electrons. The lowest BCUT2D eigenvalue weighted by atomic mass is 9.71. The van der Waals surface area contributed by atoms with E-state index in [0.717, 1.165) is 79.0 Å². The summed E-state index contributed by atoms with van der Waals surface area (Å²) < 4.78 is 0. The molecule has 600 valence electrons. The number of aryl methyl sites for hydroxylation is 2. The Morgan fingerprint density at radius 2 is 0.557 bits per heavy atom. The highest BCUT2D eigenvalue weighted by Gasteiger charge is 2.35. The second-order valence-corrected chi connectivity index (χ2v) is 37.8. The average Bonchev–Trinajstić information content (AvgIpc) is 0.941. The normalized spacial score (nSPS) is 23.0. The third kappa shape index (κ3) is 39.0. The van der Waals surface area contributed by atoms with Gasteiger partial charge in [-0.2, -0.15) is 0 Å². The maximum absolute atomic E-state index is 12.2. The van der Waals surface area contributed by atoms with Crippen LogP contribution < -0.4 is 26.6 Å². The van der Waals surface area contributed by atoms with E-state index in [1.807, 2.05) is 61.5 Å². The van der Waals surface area contributed by atoms with Crippen molar-refractivity contribution in [3.63, 3.8) is 0 Å². The Bertz CT molecular complexity index is 2970. The van der Waals surface area contributed by atoms with E-state index in [4.69, 9.17) is 0 Å². The van der Waals surface area contributed by atoms with Gasteiger partial charge in [0, 0.05) is 60.0 Å². The Kier molecular flexibility index (Phi) is 45.7. The topological polar surface area (TPSA) is 94.3 Å². The lowest BCUT2D eigenvalue weighted by Crippen LogP contribution is -2.39. The molecule has 5 aromatic rings. The molecule has 0 aromatic heterocycles. The summed E-state index contributed by atoms with van der Waals surface area (Å²) in [5.41, 5.74) is 10.5. The Morgan fingerprint density at radius 1 is 0.321 bits per heavy atom. The summed E-state index contributed by atoms with van der Waals surface area (Å²) in [5.74, 6) is 4.43. The first-order valence-corrected chi connectivity index (χ1v) is 42.6. The van der Waals surface area contributed by atoms with Gasteiger partial charge in [0.2, 0.25) is 0 Å². The molecule has 0 aliphatic heterocycles. The van der Waals surface area contributed by atoms with Gasteiger partial charge in [-0.15, -0.1) is 0 Å². The molecule has 0 saturated heterocycles. The Morgan fingerprint density at radius 3 is 0.849 bits per heavy atom. The molecule has 5 aliphatic carbocycles. The van der Waals surface area contributed by atoms with Crippen LogP contribution in [-0.4, -0.2) is 42.0 Å². The van der Waals surface area contributed by atoms with E-state index in [9.17, 15) is 9.59 Å². The van der Waals surface area contributed by atoms with E-state index < -0.39 is 0 Å². The maximum Gasteiger partial charge on any atom is 0.251 e. The number of benzene rings is 5. The standard InChI is InChI=1S/C19H31N.C18H27NO.C18H29N.C17H25NO.C17H27N.3C3H8.CH4/c1-14-6-8-16(9-7-14)15(2)20-18-12-10-17(11-13-18)19(3,4)5;1-13-5-7-14(8-6-13)17(20)19-16-11-9-15(10-12-16)18(2,3)4;1-14(15-8-6-5-7-9-15)19-17-12-10-16(11-13-17)18(2,3)4;1-17(2,3)14-9-11-15(12-10-14)18-16(19)13-7-5-4-6-8-13;1-17(2,3)15-9-11-16(12-10-15)18-13-14-7-5-4-6-8-14;3*1-3-2;/h6-9,15,17-18,20H,10-13H2,1-5H3;5-8,15-16H,9-12H2,1-4H3,(H,19,20);5-9,14,16-17,19H,10-13H2,1-4H3;4-8,14-15H,9-12H2,1-3H3,(H,18,19);4-8,15-16,18H,9-13H2,1-3H3;3*3H2,1-2H3;1H4. The monoisotopic (exact) mass is 1460 g/mol. The number of carbonyl (C=O) groups is 2. The van der Waals surface area contributed by atoms with Crippen molar-refractivity contribution >= 4 is 11.8 Å². The van der Waals surface area contributed by atoms with Crippen LogP contribution in [0.4, 0.5) is 0 Å². The zero-order valence-electron chi connectivity index (χ0n) is 72.5. The van der Waals surface area contributed by atoms with Gasteiger partial charge in [-0.1, -0.05) is 298 Å². The Labute approximate surface area is 656 Å². The molecule has 2 unspecified atom stereocenters. The van der Waals surface area contributed by atoms with Crippen molar-refractivity contribution in [3.05, 3.63) is 178 Å². The molecule has 2 amide bonds. The molecule has 7 heteroatoms. The molecule has 0 heterocycles. The van der Waals surface area contributed by atoms with Crippen LogP contribution >= 0.6 is 0 Å². The minimum Gasteiger partial charge on any atom is -0.349 e. The lowest BCUT2D eigenvalue weighted by Gasteiger charge is -2.38. The molecular formula is C99H167N5O2. The molecule has 5 fully saturated rings. The van der Waals surface area contributed by atoms with Crippen molar-refractivity contribution in [1.82, 2.24) is 26.6 Å². The van der Waals surface area contributed by atoms with Gasteiger partial charge in [0.05, 0.1) is 0 Å². The lowest BCUT2D eigenvalue weighted by molar-refractivity contribution is 0.0895. The first-order valence-electron chi connectivity index (χ1n) is 42.6. The predicted octanol–water partition coefficient (Wildman–Crippen LogP) is 27.8. The summed E-state index contributed by atoms with van der Waals surface area (Å²) >= 11 is 0. The van der Waals surface area contributed by atoms with Gasteiger partial charge >= 0.3 is 0 Å². The Hall–Kier alpha value is -5.08. The zero-order chi connectivity index (χ0) is 78.4. The second-order valence-electron chi connectivity index (χ2n) is 37.8. The zero-order valence-corrected chi connectivity index (χ0v) is 72.5. The van der Waals surface area contributed by atoms with Gasteiger partial charge in [-0.25, -0.2) is 0 Å². The molecular weight excluding hydrogens is 1290 g/mol. The van der Waals surface area contributed by atoms with Crippen LogP contribution in [0.25, 0.3) is 0 Å². The van der Waals surface area contributed by atoms with Crippen molar-refractivity contribution in [2.24, 2.45) is 56.7 Å². The van der Waals surface area contributed by atoms with E-state index in [0.29, 0.717) is 63.3 Å². The fraction of sp³-hybridized carbons (Fsp3) is 0.677. The molecule has 5 saturated carbocycles. The van der Waals surface area contributed by atoms with E-state index in [1.54, 1.807) is 0 Å². The van der Waals surface area contributed by atoms with E-state index in [-0.39, 0.29) is 19.2 Å². The number of hydrogen-bond donors (Lipinski definition) is 5. The van der Waals surface area contributed by atoms with Crippen molar-refractivity contribution in [3.8, 4) is 0 Å². The SMILES string of the molecule is C.CC(C)(C)C1CCC(NC(=O)c2ccccc2)CC1.CC(C)(C)C1CCC(NCc2ccccc2)CC1.CC(NC1CCC(C(C)(C)C)CC1)c1ccccc1.CCC.CCC.CCC.Cc1ccc(C(=O)NC2CCC(C(C)(C)C)CC2)cc1.Cc1ccc(C(C)NC2CCC(C(C)(C)C)CC2)cc1. The predicted molar refractivity (Wildman–Crippen MR) is 467 cm³/mol. The summed E-state index contributed by atoms with van der Waals surface area (Å²) in [6.45, 7) is 57.9. The smallest absolute Gasteiger partial charge is 0.251 e. The van der Waals surface area contributed by atoms with Crippen molar-refractivity contribution in [1.29, 1.82) is 0 Å². The maximum atomic E-state index is 12.2. The number of nitrogens with one attached hydrogen (secondary N) is 5. The summed E-state index contributed by atoms with van der Waals surface area (Å²) in [6.07, 6.45) is 29.4. The summed E-state index contributed by atoms with van der Waals surface area (Å²) in [4.78, 5) is 24.3. The average molecular weight is 1460 g/mol. The molecule has 2 atom stereocenters. The number of hydrogen-bond acceptors (Lipinski definition) is 5. The summed E-state index contributed by atoms with van der Waals surface area (Å²) in [6, 6.07) is 51.5. The molecule has 5 aromatic carbocycles. The number of rotatable bonds is 13. The Balaban J connectivity index is 0.000000436. The minimum absolute atomic E-state index is 0. The van der Waals surface area contributed by atoms with Gasteiger partial charge < -0.3 is 26.6 Å². The van der Waals surface area contributed by atoms with E-state index in [2.05, 4.69) is 278 Å². The minimum atomic E-state index is 0. The molecule has 5 aliphatic rings. The third-order valence-electron chi connectivity index (χ3n) is 23.1. The van der Waals surface area contributed by atoms with Crippen LogP contribution in [0.2, 0.25) is 0 Å². The fourth-order valence-electron chi connectivity index (χ4n) is 15.8. The number of carbonyl (C=O) groups excluding carboxylic acids is 2. The van der Waals surface area contributed by atoms with Crippen LogP contribution in [0.5, 0.6) is 0 Å². The fourth-order valence-corrected chi connectivity index (χ4v) is 15.8. The van der Waals surface area contributed by atoms with Gasteiger partial charge in [0.15, 0.2) is 0 Å². The van der Waals surface area contributed by atoms with Crippen LogP contribution in [0.15, 0.2) is 140 Å². The number of amides is 2. The molecule has 0 bridgehead atoms. The van der Waals surface area contributed by atoms with Gasteiger partial charge in [0.25, 0.3) is 11.8 Å². The second kappa shape index (κ2) is 49.9. The highest BCUT2D eigenvalue weighted by molar-refractivity contribution is 5.94. The van der Waals surface area contributed by atoms with Crippen LogP contribution in [0.1, 0.15) is 375 Å². The van der Waals surface area contributed by atoms with Crippen LogP contribution in [0.3, 0.4) is 0 Å². The van der Waals surface area contributed by atoms with Gasteiger partial charge in [-0.3, -0.25) is 9.59 Å². The van der Waals surface area contributed by atoms with E-state index in [1.165, 1.54) is 150 Å². The third-order valence-corrected chi connectivity index (χ3v) is 23.1. The molecule has 10 rings (SSSR count). The van der Waals surface area contributed by atoms with Gasteiger partial charge in [0.1, 0.15) is 0 Å². The molecule has 7 nitrogen and oxygen atoms in total. The van der Waals surface area contributed by atoms with Crippen LogP contribution in [-0.2, 0) is 6.54 Å². The van der Waals surface area contributed by atoms with E-state index >= 15 is 0 Å².